The van der Waals surface area contributed by atoms with Crippen molar-refractivity contribution in [1.82, 2.24) is 0 Å². The van der Waals surface area contributed by atoms with Gasteiger partial charge in [0.05, 0.1) is 4.92 Å². The van der Waals surface area contributed by atoms with Gasteiger partial charge < -0.3 is 0 Å². The highest BCUT2D eigenvalue weighted by Crippen LogP contribution is 2.15. The van der Waals surface area contributed by atoms with Crippen LogP contribution < -0.4 is 0 Å². The quantitative estimate of drug-likeness (QED) is 0.246. The fourth-order valence-electron chi connectivity index (χ4n) is 1.49. The monoisotopic (exact) mass is 255 g/mol. The molecule has 0 heterocycles. The molecule has 1 rings (SSSR count). The van der Waals surface area contributed by atoms with Gasteiger partial charge in [0.25, 0.3) is 5.69 Å². The average molecular weight is 256 g/mol. The highest BCUT2D eigenvalue weighted by Gasteiger charge is 2.10. The van der Waals surface area contributed by atoms with Crippen LogP contribution in [0.5, 0.6) is 0 Å². The van der Waals surface area contributed by atoms with E-state index in [0.29, 0.717) is 17.9 Å². The van der Waals surface area contributed by atoms with E-state index in [1.54, 1.807) is 6.07 Å². The molecule has 92 valence electrons. The highest BCUT2D eigenvalue weighted by molar-refractivity contribution is 6.17. The summed E-state index contributed by atoms with van der Waals surface area (Å²) < 4.78 is 0. The molecule has 0 saturated carbocycles. The van der Waals surface area contributed by atoms with Crippen LogP contribution in [0.4, 0.5) is 5.69 Å². The summed E-state index contributed by atoms with van der Waals surface area (Å²) in [6.07, 6.45) is 2.99. The summed E-state index contributed by atoms with van der Waals surface area (Å²) in [4.78, 5) is 21.8. The summed E-state index contributed by atoms with van der Waals surface area (Å²) in [6, 6.07) is 5.84. The van der Waals surface area contributed by atoms with Crippen molar-refractivity contribution >= 4 is 23.1 Å². The molecule has 1 aromatic rings. The fraction of sp³-hybridized carbons (Fsp3) is 0.417. The van der Waals surface area contributed by atoms with Crippen LogP contribution in [-0.4, -0.2) is 16.6 Å². The zero-order chi connectivity index (χ0) is 12.7. The van der Waals surface area contributed by atoms with Crippen LogP contribution in [0.3, 0.4) is 0 Å². The largest absolute Gasteiger partial charge is 0.294 e. The molecule has 0 amide bonds. The lowest BCUT2D eigenvalue weighted by atomic mass is 10.0. The molecule has 0 unspecified atom stereocenters. The number of non-ortho nitro benzene ring substituents is 1. The minimum absolute atomic E-state index is 0.0448. The van der Waals surface area contributed by atoms with Crippen LogP contribution in [0.1, 0.15) is 36.0 Å². The Balaban J connectivity index is 2.56. The van der Waals surface area contributed by atoms with Crippen LogP contribution >= 0.6 is 11.6 Å². The molecule has 0 spiro atoms. The van der Waals surface area contributed by atoms with Crippen molar-refractivity contribution in [1.29, 1.82) is 0 Å². The molecule has 17 heavy (non-hydrogen) atoms. The first-order valence-electron chi connectivity index (χ1n) is 5.49. The van der Waals surface area contributed by atoms with Gasteiger partial charge in [-0.3, -0.25) is 14.9 Å². The number of carbonyl (C=O) groups is 1. The van der Waals surface area contributed by atoms with E-state index in [0.717, 1.165) is 19.3 Å². The Hall–Kier alpha value is -1.42. The number of hydrogen-bond acceptors (Lipinski definition) is 3. The number of nitro groups is 1. The van der Waals surface area contributed by atoms with E-state index >= 15 is 0 Å². The molecule has 1 aromatic carbocycles. The maximum atomic E-state index is 11.7. The molecular formula is C12H14ClNO3. The van der Waals surface area contributed by atoms with E-state index in [2.05, 4.69) is 0 Å². The first-order valence-corrected chi connectivity index (χ1v) is 6.02. The van der Waals surface area contributed by atoms with Crippen LogP contribution in [0, 0.1) is 10.1 Å². The summed E-state index contributed by atoms with van der Waals surface area (Å²) in [5.74, 6) is 0.550. The van der Waals surface area contributed by atoms with Crippen LogP contribution in [-0.2, 0) is 0 Å². The van der Waals surface area contributed by atoms with Crippen LogP contribution in [0.15, 0.2) is 24.3 Å². The summed E-state index contributed by atoms with van der Waals surface area (Å²) >= 11 is 5.53. The third-order valence-electron chi connectivity index (χ3n) is 2.42. The summed E-state index contributed by atoms with van der Waals surface area (Å²) in [7, 11) is 0. The summed E-state index contributed by atoms with van der Waals surface area (Å²) in [6.45, 7) is 0. The molecule has 0 aliphatic rings. The Bertz CT molecular complexity index is 406. The highest BCUT2D eigenvalue weighted by atomic mass is 35.5. The van der Waals surface area contributed by atoms with Crippen molar-refractivity contribution in [3.63, 3.8) is 0 Å². The number of unbranched alkanes of at least 4 members (excludes halogenated alkanes) is 2. The normalized spacial score (nSPS) is 10.2. The lowest BCUT2D eigenvalue weighted by Gasteiger charge is -2.00. The summed E-state index contributed by atoms with van der Waals surface area (Å²) in [5, 5.41) is 10.6. The Morgan fingerprint density at radius 1 is 1.29 bits per heavy atom. The van der Waals surface area contributed by atoms with Gasteiger partial charge in [0.2, 0.25) is 0 Å². The molecule has 0 radical (unpaired) electrons. The number of hydrogen-bond donors (Lipinski definition) is 0. The van der Waals surface area contributed by atoms with Gasteiger partial charge >= 0.3 is 0 Å². The van der Waals surface area contributed by atoms with Gasteiger partial charge in [0.1, 0.15) is 0 Å². The van der Waals surface area contributed by atoms with Gasteiger partial charge in [-0.25, -0.2) is 0 Å². The Morgan fingerprint density at radius 2 is 2.06 bits per heavy atom. The minimum Gasteiger partial charge on any atom is -0.294 e. The number of alkyl halides is 1. The average Bonchev–Trinajstić information content (AvgIpc) is 2.34. The molecule has 0 N–H and O–H groups in total. The molecule has 0 aliphatic heterocycles. The van der Waals surface area contributed by atoms with Gasteiger partial charge in [-0.15, -0.1) is 11.6 Å². The predicted octanol–water partition coefficient (Wildman–Crippen LogP) is 3.58. The second-order valence-electron chi connectivity index (χ2n) is 3.73. The molecule has 0 atom stereocenters. The van der Waals surface area contributed by atoms with E-state index in [1.807, 2.05) is 0 Å². The standard InChI is InChI=1S/C12H14ClNO3/c13-8-3-1-2-7-12(15)10-5-4-6-11(9-10)14(16)17/h4-6,9H,1-3,7-8H2. The zero-order valence-corrected chi connectivity index (χ0v) is 10.2. The van der Waals surface area contributed by atoms with Gasteiger partial charge in [-0.05, 0) is 12.8 Å². The number of nitrogens with zero attached hydrogens (tertiary/aromatic N) is 1. The van der Waals surface area contributed by atoms with Crippen molar-refractivity contribution in [3.8, 4) is 0 Å². The van der Waals surface area contributed by atoms with Gasteiger partial charge in [0.15, 0.2) is 5.78 Å². The Labute approximate surface area is 105 Å². The lowest BCUT2D eigenvalue weighted by Crippen LogP contribution is -2.00. The Morgan fingerprint density at radius 3 is 2.71 bits per heavy atom. The molecule has 0 fully saturated rings. The van der Waals surface area contributed by atoms with Crippen LogP contribution in [0.25, 0.3) is 0 Å². The smallest absolute Gasteiger partial charge is 0.270 e. The van der Waals surface area contributed by atoms with Crippen molar-refractivity contribution in [2.45, 2.75) is 25.7 Å². The van der Waals surface area contributed by atoms with Crippen LogP contribution in [0.2, 0.25) is 0 Å². The third-order valence-corrected chi connectivity index (χ3v) is 2.68. The van der Waals surface area contributed by atoms with E-state index in [9.17, 15) is 14.9 Å². The maximum Gasteiger partial charge on any atom is 0.270 e. The third kappa shape index (κ3) is 4.53. The fourth-order valence-corrected chi connectivity index (χ4v) is 1.68. The van der Waals surface area contributed by atoms with Gasteiger partial charge in [-0.1, -0.05) is 18.6 Å². The Kier molecular flexibility index (Phi) is 5.63. The number of halogens is 1. The number of rotatable bonds is 7. The minimum atomic E-state index is -0.496. The number of nitro benzene ring substituents is 1. The molecule has 0 aromatic heterocycles. The molecule has 0 saturated heterocycles. The molecule has 4 nitrogen and oxygen atoms in total. The van der Waals surface area contributed by atoms with Crippen molar-refractivity contribution in [3.05, 3.63) is 39.9 Å². The zero-order valence-electron chi connectivity index (χ0n) is 9.39. The van der Waals surface area contributed by atoms with E-state index < -0.39 is 4.92 Å². The number of Topliss-reactive ketones (excluding diaryl/α,β-unsaturated/α-hetero) is 1. The second-order valence-corrected chi connectivity index (χ2v) is 4.11. The van der Waals surface area contributed by atoms with Crippen molar-refractivity contribution < 1.29 is 9.72 Å². The van der Waals surface area contributed by atoms with Crippen molar-refractivity contribution in [2.24, 2.45) is 0 Å². The number of carbonyl (C=O) groups excluding carboxylic acids is 1. The SMILES string of the molecule is O=C(CCCCCCl)c1cccc([N+](=O)[O-])c1. The van der Waals surface area contributed by atoms with Crippen molar-refractivity contribution in [2.75, 3.05) is 5.88 Å². The van der Waals surface area contributed by atoms with Gasteiger partial charge in [0, 0.05) is 30.0 Å². The number of benzene rings is 1. The lowest BCUT2D eigenvalue weighted by molar-refractivity contribution is -0.384. The van der Waals surface area contributed by atoms with E-state index in [4.69, 9.17) is 11.6 Å². The van der Waals surface area contributed by atoms with Gasteiger partial charge in [-0.2, -0.15) is 0 Å². The molecular weight excluding hydrogens is 242 g/mol. The topological polar surface area (TPSA) is 60.2 Å². The predicted molar refractivity (Wildman–Crippen MR) is 66.6 cm³/mol. The molecule has 0 bridgehead atoms. The first kappa shape index (κ1) is 13.6. The van der Waals surface area contributed by atoms with E-state index in [1.165, 1.54) is 18.2 Å². The maximum absolute atomic E-state index is 11.7. The second kappa shape index (κ2) is 7.01. The molecule has 0 aliphatic carbocycles. The summed E-state index contributed by atoms with van der Waals surface area (Å²) in [5.41, 5.74) is 0.363. The first-order chi connectivity index (χ1) is 8.15. The number of ketones is 1. The molecule has 5 heteroatoms. The van der Waals surface area contributed by atoms with E-state index in [-0.39, 0.29) is 11.5 Å².